The monoisotopic (exact) mass is 579 g/mol. The van der Waals surface area contributed by atoms with Crippen LogP contribution in [0.25, 0.3) is 0 Å². The van der Waals surface area contributed by atoms with Gasteiger partial charge in [-0.2, -0.15) is 0 Å². The van der Waals surface area contributed by atoms with Crippen LogP contribution in [0.2, 0.25) is 0 Å². The Morgan fingerprint density at radius 1 is 0.854 bits per heavy atom. The fraction of sp³-hybridized carbons (Fsp3) is 0.323. The first kappa shape index (κ1) is 30.3. The standard InChI is InChI=1S/C31H33NO8S/c33-18-21-10-12-22(13-11-21)26-16-24(19-41-27-5-2-1-4-25(27)30(37)38)39-31(40-26)23-14-8-20(9-15-23)17-32-28(34)6-3-7-29(35)36/h1-2,4-5,8-15,24,26,31,33H,3,6-7,16-19H2,(H,32,34)(H,35,36)(H,37,38). The number of aliphatic carboxylic acids is 1. The van der Waals surface area contributed by atoms with Crippen LogP contribution in [0.1, 0.15) is 70.7 Å². The molecule has 10 heteroatoms. The van der Waals surface area contributed by atoms with Gasteiger partial charge in [0, 0.05) is 42.0 Å². The second kappa shape index (κ2) is 14.8. The number of hydrogen-bond donors (Lipinski definition) is 4. The number of nitrogens with one attached hydrogen (secondary N) is 1. The van der Waals surface area contributed by atoms with Crippen LogP contribution >= 0.6 is 11.8 Å². The predicted molar refractivity (Wildman–Crippen MR) is 152 cm³/mol. The molecule has 1 aliphatic rings. The van der Waals surface area contributed by atoms with Crippen LogP contribution in [0.4, 0.5) is 0 Å². The molecule has 0 radical (unpaired) electrons. The van der Waals surface area contributed by atoms with Gasteiger partial charge in [-0.1, -0.05) is 60.7 Å². The Hall–Kier alpha value is -3.70. The Kier molecular flexibility index (Phi) is 10.9. The topological polar surface area (TPSA) is 142 Å². The molecule has 216 valence electrons. The molecule has 0 aromatic heterocycles. The molecule has 3 atom stereocenters. The maximum atomic E-state index is 12.0. The number of carbonyl (C=O) groups excluding carboxylic acids is 1. The molecule has 4 N–H and O–H groups in total. The van der Waals surface area contributed by atoms with Crippen molar-refractivity contribution in [3.63, 3.8) is 0 Å². The SMILES string of the molecule is O=C(O)CCCC(=O)NCc1ccc(C2OC(CSc3ccccc3C(=O)O)CC(c3ccc(CO)cc3)O2)cc1. The highest BCUT2D eigenvalue weighted by molar-refractivity contribution is 7.99. The summed E-state index contributed by atoms with van der Waals surface area (Å²) in [7, 11) is 0. The minimum absolute atomic E-state index is 0.0400. The number of carboxylic acids is 2. The Labute approximate surface area is 242 Å². The molecule has 0 aliphatic carbocycles. The molecule has 9 nitrogen and oxygen atoms in total. The lowest BCUT2D eigenvalue weighted by atomic mass is 10.0. The van der Waals surface area contributed by atoms with Gasteiger partial charge in [0.1, 0.15) is 0 Å². The molecule has 4 rings (SSSR count). The Balaban J connectivity index is 1.44. The molecule has 0 spiro atoms. The summed E-state index contributed by atoms with van der Waals surface area (Å²) in [6, 6.07) is 22.0. The molecule has 0 saturated carbocycles. The fourth-order valence-electron chi connectivity index (χ4n) is 4.46. The van der Waals surface area contributed by atoms with E-state index in [0.717, 1.165) is 22.3 Å². The number of amides is 1. The zero-order valence-corrected chi connectivity index (χ0v) is 23.2. The van der Waals surface area contributed by atoms with Crippen LogP contribution < -0.4 is 5.32 Å². The number of aliphatic hydroxyl groups is 1. The highest BCUT2D eigenvalue weighted by Crippen LogP contribution is 2.39. The van der Waals surface area contributed by atoms with Gasteiger partial charge in [-0.05, 0) is 35.2 Å². The van der Waals surface area contributed by atoms with Crippen LogP contribution in [0.5, 0.6) is 0 Å². The van der Waals surface area contributed by atoms with Gasteiger partial charge in [0.05, 0.1) is 24.4 Å². The second-order valence-corrected chi connectivity index (χ2v) is 10.8. The summed E-state index contributed by atoms with van der Waals surface area (Å²) in [4.78, 5) is 34.9. The molecule has 1 amide bonds. The maximum Gasteiger partial charge on any atom is 0.336 e. The third kappa shape index (κ3) is 8.89. The van der Waals surface area contributed by atoms with Crippen LogP contribution in [0.15, 0.2) is 77.7 Å². The smallest absolute Gasteiger partial charge is 0.336 e. The summed E-state index contributed by atoms with van der Waals surface area (Å²) in [6.45, 7) is 0.273. The number of benzene rings is 3. The summed E-state index contributed by atoms with van der Waals surface area (Å²) < 4.78 is 12.7. The van der Waals surface area contributed by atoms with Gasteiger partial charge in [-0.15, -0.1) is 11.8 Å². The molecular formula is C31H33NO8S. The van der Waals surface area contributed by atoms with Crippen molar-refractivity contribution in [2.45, 2.75) is 62.2 Å². The third-order valence-electron chi connectivity index (χ3n) is 6.69. The molecule has 3 unspecified atom stereocenters. The van der Waals surface area contributed by atoms with E-state index in [9.17, 15) is 24.6 Å². The lowest BCUT2D eigenvalue weighted by molar-refractivity contribution is -0.245. The van der Waals surface area contributed by atoms with Crippen LogP contribution in [-0.2, 0) is 32.2 Å². The number of carboxylic acid groups (broad SMARTS) is 2. The molecule has 3 aromatic rings. The van der Waals surface area contributed by atoms with E-state index in [-0.39, 0.29) is 43.1 Å². The first-order valence-corrected chi connectivity index (χ1v) is 14.3. The van der Waals surface area contributed by atoms with Crippen molar-refractivity contribution in [3.05, 3.63) is 101 Å². The lowest BCUT2D eigenvalue weighted by Crippen LogP contribution is -2.31. The number of carbonyl (C=O) groups is 3. The van der Waals surface area contributed by atoms with Crippen molar-refractivity contribution in [2.75, 3.05) is 5.75 Å². The highest BCUT2D eigenvalue weighted by atomic mass is 32.2. The summed E-state index contributed by atoms with van der Waals surface area (Å²) in [5.41, 5.74) is 3.70. The molecule has 0 bridgehead atoms. The van der Waals surface area contributed by atoms with E-state index in [1.165, 1.54) is 11.8 Å². The predicted octanol–water partition coefficient (Wildman–Crippen LogP) is 5.09. The summed E-state index contributed by atoms with van der Waals surface area (Å²) >= 11 is 1.43. The molecular weight excluding hydrogens is 546 g/mol. The average molecular weight is 580 g/mol. The number of rotatable bonds is 13. The quantitative estimate of drug-likeness (QED) is 0.204. The van der Waals surface area contributed by atoms with Crippen molar-refractivity contribution in [2.24, 2.45) is 0 Å². The van der Waals surface area contributed by atoms with E-state index in [2.05, 4.69) is 5.32 Å². The van der Waals surface area contributed by atoms with E-state index < -0.39 is 18.2 Å². The summed E-state index contributed by atoms with van der Waals surface area (Å²) in [5.74, 6) is -1.57. The summed E-state index contributed by atoms with van der Waals surface area (Å²) in [5, 5.41) is 30.5. The van der Waals surface area contributed by atoms with Gasteiger partial charge in [0.25, 0.3) is 0 Å². The Morgan fingerprint density at radius 2 is 1.54 bits per heavy atom. The second-order valence-electron chi connectivity index (χ2n) is 9.73. The number of hydrogen-bond acceptors (Lipinski definition) is 7. The lowest BCUT2D eigenvalue weighted by Gasteiger charge is -2.36. The van der Waals surface area contributed by atoms with Gasteiger partial charge < -0.3 is 30.1 Å². The van der Waals surface area contributed by atoms with Crippen LogP contribution in [-0.4, -0.2) is 45.0 Å². The van der Waals surface area contributed by atoms with Crippen molar-refractivity contribution >= 4 is 29.6 Å². The number of ether oxygens (including phenoxy) is 2. The molecule has 3 aromatic carbocycles. The van der Waals surface area contributed by atoms with Crippen molar-refractivity contribution in [3.8, 4) is 0 Å². The van der Waals surface area contributed by atoms with E-state index in [1.54, 1.807) is 18.2 Å². The van der Waals surface area contributed by atoms with E-state index in [1.807, 2.05) is 54.6 Å². The molecule has 1 heterocycles. The van der Waals surface area contributed by atoms with Crippen molar-refractivity contribution in [1.29, 1.82) is 0 Å². The molecule has 41 heavy (non-hydrogen) atoms. The first-order chi connectivity index (χ1) is 19.8. The number of thioether (sulfide) groups is 1. The Bertz CT molecular complexity index is 1330. The zero-order chi connectivity index (χ0) is 29.2. The summed E-state index contributed by atoms with van der Waals surface area (Å²) in [6.07, 6.45) is -0.178. The largest absolute Gasteiger partial charge is 0.481 e. The minimum atomic E-state index is -0.975. The minimum Gasteiger partial charge on any atom is -0.481 e. The zero-order valence-electron chi connectivity index (χ0n) is 22.4. The molecule has 1 aliphatic heterocycles. The van der Waals surface area contributed by atoms with Crippen molar-refractivity contribution < 1.29 is 39.2 Å². The molecule has 1 fully saturated rings. The van der Waals surface area contributed by atoms with E-state index >= 15 is 0 Å². The van der Waals surface area contributed by atoms with Crippen LogP contribution in [0, 0.1) is 0 Å². The van der Waals surface area contributed by atoms with Gasteiger partial charge in [0.2, 0.25) is 5.91 Å². The van der Waals surface area contributed by atoms with E-state index in [0.29, 0.717) is 30.0 Å². The van der Waals surface area contributed by atoms with Gasteiger partial charge in [-0.25, -0.2) is 4.79 Å². The average Bonchev–Trinajstić information content (AvgIpc) is 2.99. The highest BCUT2D eigenvalue weighted by Gasteiger charge is 2.32. The first-order valence-electron chi connectivity index (χ1n) is 13.4. The van der Waals surface area contributed by atoms with Crippen molar-refractivity contribution in [1.82, 2.24) is 5.32 Å². The van der Waals surface area contributed by atoms with E-state index in [4.69, 9.17) is 14.6 Å². The Morgan fingerprint density at radius 3 is 2.22 bits per heavy atom. The maximum absolute atomic E-state index is 12.0. The normalized spacial score (nSPS) is 18.5. The van der Waals surface area contributed by atoms with Gasteiger partial charge >= 0.3 is 11.9 Å². The third-order valence-corrected chi connectivity index (χ3v) is 7.90. The number of aromatic carboxylic acids is 1. The number of aliphatic hydroxyl groups excluding tert-OH is 1. The fourth-order valence-corrected chi connectivity index (χ4v) is 5.52. The van der Waals surface area contributed by atoms with Gasteiger partial charge in [0.15, 0.2) is 6.29 Å². The van der Waals surface area contributed by atoms with Gasteiger partial charge in [-0.3, -0.25) is 9.59 Å². The molecule has 1 saturated heterocycles. The van der Waals surface area contributed by atoms with Crippen LogP contribution in [0.3, 0.4) is 0 Å².